The van der Waals surface area contributed by atoms with E-state index in [0.717, 1.165) is 6.07 Å². The van der Waals surface area contributed by atoms with Gasteiger partial charge in [0.05, 0.1) is 5.69 Å². The maximum Gasteiger partial charge on any atom is 0.294 e. The Labute approximate surface area is 74.2 Å². The predicted molar refractivity (Wildman–Crippen MR) is 45.1 cm³/mol. The van der Waals surface area contributed by atoms with Gasteiger partial charge in [-0.3, -0.25) is 4.55 Å². The quantitative estimate of drug-likeness (QED) is 0.340. The summed E-state index contributed by atoms with van der Waals surface area (Å²) in [5.41, 5.74) is 7.97. The Balaban J connectivity index is 3.45. The Morgan fingerprint density at radius 3 is 2.54 bits per heavy atom. The fourth-order valence-corrected chi connectivity index (χ4v) is 1.43. The molecule has 0 saturated heterocycles. The summed E-state index contributed by atoms with van der Waals surface area (Å²) in [5, 5.41) is 3.11. The maximum absolute atomic E-state index is 10.7. The van der Waals surface area contributed by atoms with E-state index in [2.05, 4.69) is 10.0 Å². The molecule has 0 aliphatic heterocycles. The molecule has 1 N–H and O–H groups in total. The van der Waals surface area contributed by atoms with Crippen LogP contribution < -0.4 is 0 Å². The third-order valence-corrected chi connectivity index (χ3v) is 2.20. The first-order chi connectivity index (χ1) is 6.05. The number of rotatable bonds is 2. The maximum atomic E-state index is 10.7. The Morgan fingerprint density at radius 1 is 1.38 bits per heavy atom. The lowest BCUT2D eigenvalue weighted by atomic mass is 10.3. The van der Waals surface area contributed by atoms with Crippen LogP contribution in [0.3, 0.4) is 0 Å². The molecule has 6 nitrogen and oxygen atoms in total. The molecule has 0 bridgehead atoms. The van der Waals surface area contributed by atoms with E-state index in [1.165, 1.54) is 18.2 Å². The fourth-order valence-electron chi connectivity index (χ4n) is 0.806. The van der Waals surface area contributed by atoms with Gasteiger partial charge in [0.15, 0.2) is 0 Å². The van der Waals surface area contributed by atoms with Crippen molar-refractivity contribution in [1.29, 1.82) is 0 Å². The Hall–Kier alpha value is -1.56. The lowest BCUT2D eigenvalue weighted by molar-refractivity contribution is 0.483. The van der Waals surface area contributed by atoms with Gasteiger partial charge in [-0.05, 0) is 11.6 Å². The minimum Gasteiger partial charge on any atom is -0.282 e. The largest absolute Gasteiger partial charge is 0.294 e. The van der Waals surface area contributed by atoms with E-state index in [4.69, 9.17) is 10.1 Å². The molecular weight excluding hydrogens is 194 g/mol. The van der Waals surface area contributed by atoms with E-state index in [-0.39, 0.29) is 5.69 Å². The van der Waals surface area contributed by atoms with Gasteiger partial charge in [-0.1, -0.05) is 23.3 Å². The minimum absolute atomic E-state index is 0.118. The van der Waals surface area contributed by atoms with Crippen molar-refractivity contribution in [3.8, 4) is 0 Å². The van der Waals surface area contributed by atoms with Gasteiger partial charge in [0, 0.05) is 4.91 Å². The lowest BCUT2D eigenvalue weighted by Crippen LogP contribution is -1.97. The van der Waals surface area contributed by atoms with Gasteiger partial charge < -0.3 is 0 Å². The molecular formula is C6H5N3O3S. The highest BCUT2D eigenvalue weighted by Crippen LogP contribution is 2.23. The fraction of sp³-hybridized carbons (Fsp3) is 0. The van der Waals surface area contributed by atoms with Crippen LogP contribution >= 0.6 is 0 Å². The standard InChI is InChI=1S/C6H5N3O3S/c7-9-8-5-3-1-2-4-6(5)13(10,11)12/h1-4H,(H,10,11,12). The normalized spacial score (nSPS) is 10.5. The molecule has 0 heterocycles. The van der Waals surface area contributed by atoms with Gasteiger partial charge in [-0.25, -0.2) is 0 Å². The first-order valence-electron chi connectivity index (χ1n) is 3.17. The Morgan fingerprint density at radius 2 is 2.00 bits per heavy atom. The Kier molecular flexibility index (Phi) is 2.52. The van der Waals surface area contributed by atoms with Crippen LogP contribution in [0.1, 0.15) is 0 Å². The highest BCUT2D eigenvalue weighted by Gasteiger charge is 2.12. The van der Waals surface area contributed by atoms with Gasteiger partial charge in [-0.15, -0.1) is 0 Å². The van der Waals surface area contributed by atoms with Gasteiger partial charge in [0.25, 0.3) is 10.1 Å². The van der Waals surface area contributed by atoms with Gasteiger partial charge in [0.2, 0.25) is 0 Å². The summed E-state index contributed by atoms with van der Waals surface area (Å²) in [4.78, 5) is 2.03. The van der Waals surface area contributed by atoms with Crippen LogP contribution in [0.25, 0.3) is 10.4 Å². The molecule has 0 unspecified atom stereocenters. The van der Waals surface area contributed by atoms with E-state index < -0.39 is 15.0 Å². The second kappa shape index (κ2) is 3.44. The number of hydrogen-bond acceptors (Lipinski definition) is 3. The second-order valence-electron chi connectivity index (χ2n) is 2.13. The van der Waals surface area contributed by atoms with E-state index in [9.17, 15) is 8.42 Å². The van der Waals surface area contributed by atoms with Crippen LogP contribution in [0.2, 0.25) is 0 Å². The average molecular weight is 199 g/mol. The van der Waals surface area contributed by atoms with Crippen molar-refractivity contribution < 1.29 is 13.0 Å². The van der Waals surface area contributed by atoms with Crippen LogP contribution in [-0.2, 0) is 10.1 Å². The molecule has 0 radical (unpaired) electrons. The molecule has 1 aromatic carbocycles. The average Bonchev–Trinajstić information content (AvgIpc) is 2.04. The molecule has 0 aromatic heterocycles. The van der Waals surface area contributed by atoms with Crippen molar-refractivity contribution in [3.05, 3.63) is 34.7 Å². The van der Waals surface area contributed by atoms with Crippen LogP contribution in [0.5, 0.6) is 0 Å². The molecule has 1 aromatic rings. The van der Waals surface area contributed by atoms with E-state index in [1.807, 2.05) is 0 Å². The SMILES string of the molecule is [N-]=[N+]=Nc1ccccc1S(=O)(=O)O. The zero-order chi connectivity index (χ0) is 9.90. The number of benzene rings is 1. The third-order valence-electron chi connectivity index (χ3n) is 1.30. The molecule has 0 amide bonds. The van der Waals surface area contributed by atoms with Crippen molar-refractivity contribution in [2.75, 3.05) is 0 Å². The molecule has 0 aliphatic carbocycles. The summed E-state index contributed by atoms with van der Waals surface area (Å²) in [5.74, 6) is 0. The van der Waals surface area contributed by atoms with Crippen molar-refractivity contribution >= 4 is 15.8 Å². The van der Waals surface area contributed by atoms with Gasteiger partial charge >= 0.3 is 0 Å². The third kappa shape index (κ3) is 2.19. The van der Waals surface area contributed by atoms with Gasteiger partial charge in [0.1, 0.15) is 4.90 Å². The first-order valence-corrected chi connectivity index (χ1v) is 4.61. The smallest absolute Gasteiger partial charge is 0.282 e. The summed E-state index contributed by atoms with van der Waals surface area (Å²) in [7, 11) is -4.32. The van der Waals surface area contributed by atoms with Crippen LogP contribution in [0, 0.1) is 0 Å². The first kappa shape index (κ1) is 9.53. The number of azide groups is 1. The second-order valence-corrected chi connectivity index (χ2v) is 3.52. The predicted octanol–water partition coefficient (Wildman–Crippen LogP) is 1.88. The van der Waals surface area contributed by atoms with E-state index >= 15 is 0 Å². The molecule has 13 heavy (non-hydrogen) atoms. The van der Waals surface area contributed by atoms with Crippen molar-refractivity contribution in [1.82, 2.24) is 0 Å². The van der Waals surface area contributed by atoms with Crippen molar-refractivity contribution in [3.63, 3.8) is 0 Å². The van der Waals surface area contributed by atoms with Crippen LogP contribution in [-0.4, -0.2) is 13.0 Å². The molecule has 68 valence electrons. The van der Waals surface area contributed by atoms with Crippen molar-refractivity contribution in [2.24, 2.45) is 5.11 Å². The van der Waals surface area contributed by atoms with Crippen LogP contribution in [0.15, 0.2) is 34.3 Å². The molecule has 0 saturated carbocycles. The lowest BCUT2D eigenvalue weighted by Gasteiger charge is -1.98. The molecule has 0 spiro atoms. The molecule has 0 fully saturated rings. The molecule has 7 heteroatoms. The highest BCUT2D eigenvalue weighted by molar-refractivity contribution is 7.86. The summed E-state index contributed by atoms with van der Waals surface area (Å²) in [6.07, 6.45) is 0. The summed E-state index contributed by atoms with van der Waals surface area (Å²) >= 11 is 0. The van der Waals surface area contributed by atoms with E-state index in [1.54, 1.807) is 0 Å². The summed E-state index contributed by atoms with van der Waals surface area (Å²) < 4.78 is 30.1. The van der Waals surface area contributed by atoms with Crippen LogP contribution in [0.4, 0.5) is 5.69 Å². The summed E-state index contributed by atoms with van der Waals surface area (Å²) in [6.45, 7) is 0. The number of nitrogens with zero attached hydrogens (tertiary/aromatic N) is 3. The molecule has 1 rings (SSSR count). The van der Waals surface area contributed by atoms with E-state index in [0.29, 0.717) is 0 Å². The highest BCUT2D eigenvalue weighted by atomic mass is 32.2. The summed E-state index contributed by atoms with van der Waals surface area (Å²) in [6, 6.07) is 5.36. The topological polar surface area (TPSA) is 103 Å². The molecule has 0 atom stereocenters. The zero-order valence-corrected chi connectivity index (χ0v) is 7.14. The number of hydrogen-bond donors (Lipinski definition) is 1. The zero-order valence-electron chi connectivity index (χ0n) is 6.32. The van der Waals surface area contributed by atoms with Gasteiger partial charge in [-0.2, -0.15) is 8.42 Å². The monoisotopic (exact) mass is 199 g/mol. The Bertz CT molecular complexity index is 462. The minimum atomic E-state index is -4.32. The molecule has 0 aliphatic rings. The van der Waals surface area contributed by atoms with Crippen molar-refractivity contribution in [2.45, 2.75) is 4.90 Å².